The third-order valence-corrected chi connectivity index (χ3v) is 5.77. The molecule has 9 heteroatoms. The fraction of sp³-hybridized carbons (Fsp3) is 0.500. The number of carbonyl (C=O) groups excluding carboxylic acids is 2. The average Bonchev–Trinajstić information content (AvgIpc) is 3.17. The van der Waals surface area contributed by atoms with Crippen LogP contribution in [-0.4, -0.2) is 51.6 Å². The Kier molecular flexibility index (Phi) is 7.51. The van der Waals surface area contributed by atoms with Crippen LogP contribution >= 0.6 is 11.8 Å². The summed E-state index contributed by atoms with van der Waals surface area (Å²) in [6.07, 6.45) is 4.31. The molecule has 0 unspecified atom stereocenters. The third-order valence-electron chi connectivity index (χ3n) is 4.84. The van der Waals surface area contributed by atoms with E-state index in [1.807, 2.05) is 48.7 Å². The summed E-state index contributed by atoms with van der Waals surface area (Å²) in [4.78, 5) is 26.3. The summed E-state index contributed by atoms with van der Waals surface area (Å²) < 4.78 is 1.99. The Morgan fingerprint density at radius 3 is 2.55 bits per heavy atom. The third kappa shape index (κ3) is 5.72. The molecule has 1 atom stereocenters. The maximum absolute atomic E-state index is 12.2. The number of carbonyl (C=O) groups is 2. The van der Waals surface area contributed by atoms with Crippen molar-refractivity contribution in [1.82, 2.24) is 25.4 Å². The summed E-state index contributed by atoms with van der Waals surface area (Å²) >= 11 is 1.27. The van der Waals surface area contributed by atoms with Gasteiger partial charge in [-0.15, -0.1) is 10.2 Å². The number of imide groups is 1. The first-order valence-electron chi connectivity index (χ1n) is 10.1. The second kappa shape index (κ2) is 10.3. The van der Waals surface area contributed by atoms with Gasteiger partial charge < -0.3 is 10.2 Å². The number of thioether (sulfide) groups is 1. The van der Waals surface area contributed by atoms with Crippen molar-refractivity contribution in [2.75, 3.05) is 23.7 Å². The second-order valence-electron chi connectivity index (χ2n) is 7.12. The van der Waals surface area contributed by atoms with Crippen LogP contribution in [0.1, 0.15) is 39.5 Å². The first kappa shape index (κ1) is 21.2. The van der Waals surface area contributed by atoms with Crippen LogP contribution in [0.15, 0.2) is 35.5 Å². The van der Waals surface area contributed by atoms with Crippen molar-refractivity contribution < 1.29 is 9.59 Å². The number of hydrogen-bond donors (Lipinski definition) is 2. The normalized spacial score (nSPS) is 15.0. The van der Waals surface area contributed by atoms with E-state index >= 15 is 0 Å². The number of piperidine rings is 1. The number of para-hydroxylation sites is 1. The summed E-state index contributed by atoms with van der Waals surface area (Å²) in [5.74, 6) is 0.519. The molecular weight excluding hydrogens is 388 g/mol. The van der Waals surface area contributed by atoms with Crippen molar-refractivity contribution in [3.05, 3.63) is 30.3 Å². The van der Waals surface area contributed by atoms with Gasteiger partial charge in [-0.25, -0.2) is 4.79 Å². The summed E-state index contributed by atoms with van der Waals surface area (Å²) in [6.45, 7) is 5.76. The molecule has 3 amide bonds. The molecule has 0 spiro atoms. The van der Waals surface area contributed by atoms with Gasteiger partial charge in [0, 0.05) is 19.1 Å². The Morgan fingerprint density at radius 1 is 1.14 bits per heavy atom. The quantitative estimate of drug-likeness (QED) is 0.674. The minimum atomic E-state index is -0.469. The molecule has 1 aromatic carbocycles. The molecule has 0 bridgehead atoms. The maximum Gasteiger partial charge on any atom is 0.321 e. The average molecular weight is 417 g/mol. The van der Waals surface area contributed by atoms with Crippen molar-refractivity contribution in [2.24, 2.45) is 0 Å². The molecule has 1 aliphatic heterocycles. The van der Waals surface area contributed by atoms with E-state index in [1.54, 1.807) is 0 Å². The van der Waals surface area contributed by atoms with E-state index < -0.39 is 6.03 Å². The molecule has 3 rings (SSSR count). The first-order chi connectivity index (χ1) is 14.1. The lowest BCUT2D eigenvalue weighted by Crippen LogP contribution is -2.43. The molecule has 2 heterocycles. The van der Waals surface area contributed by atoms with Gasteiger partial charge in [0.05, 0.1) is 11.4 Å². The number of rotatable bonds is 7. The van der Waals surface area contributed by atoms with Gasteiger partial charge in [0.25, 0.3) is 0 Å². The van der Waals surface area contributed by atoms with E-state index in [0.717, 1.165) is 44.0 Å². The Hall–Kier alpha value is -2.55. The molecule has 8 nitrogen and oxygen atoms in total. The number of benzene rings is 1. The van der Waals surface area contributed by atoms with E-state index in [-0.39, 0.29) is 17.7 Å². The van der Waals surface area contributed by atoms with Crippen LogP contribution in [0.5, 0.6) is 0 Å². The second-order valence-corrected chi connectivity index (χ2v) is 8.06. The van der Waals surface area contributed by atoms with Crippen molar-refractivity contribution in [3.63, 3.8) is 0 Å². The molecule has 1 saturated heterocycles. The number of hydrogen-bond acceptors (Lipinski definition) is 6. The zero-order valence-corrected chi connectivity index (χ0v) is 17.7. The van der Waals surface area contributed by atoms with Crippen molar-refractivity contribution in [2.45, 2.75) is 50.7 Å². The summed E-state index contributed by atoms with van der Waals surface area (Å²) in [7, 11) is 0. The van der Waals surface area contributed by atoms with Gasteiger partial charge in [-0.05, 0) is 44.7 Å². The van der Waals surface area contributed by atoms with Crippen LogP contribution in [-0.2, 0) is 4.79 Å². The smallest absolute Gasteiger partial charge is 0.321 e. The zero-order chi connectivity index (χ0) is 20.6. The van der Waals surface area contributed by atoms with Crippen LogP contribution in [0.3, 0.4) is 0 Å². The van der Waals surface area contributed by atoms with Gasteiger partial charge >= 0.3 is 6.03 Å². The number of amides is 3. The van der Waals surface area contributed by atoms with E-state index in [9.17, 15) is 9.59 Å². The van der Waals surface area contributed by atoms with Gasteiger partial charge in [-0.2, -0.15) is 0 Å². The van der Waals surface area contributed by atoms with Crippen LogP contribution in [0.4, 0.5) is 10.7 Å². The highest BCUT2D eigenvalue weighted by molar-refractivity contribution is 7.99. The van der Waals surface area contributed by atoms with E-state index in [2.05, 4.69) is 25.7 Å². The van der Waals surface area contributed by atoms with E-state index in [1.165, 1.54) is 18.2 Å². The van der Waals surface area contributed by atoms with Gasteiger partial charge in [-0.3, -0.25) is 14.7 Å². The molecule has 156 valence electrons. The molecular formula is C20H28N6O2S. The van der Waals surface area contributed by atoms with Gasteiger partial charge in [0.2, 0.25) is 11.9 Å². The number of aromatic nitrogens is 3. The van der Waals surface area contributed by atoms with Crippen LogP contribution in [0.25, 0.3) is 5.69 Å². The lowest BCUT2D eigenvalue weighted by atomic mass is 10.1. The zero-order valence-electron chi connectivity index (χ0n) is 16.9. The topological polar surface area (TPSA) is 92.2 Å². The number of nitrogens with zero attached hydrogens (tertiary/aromatic N) is 4. The molecule has 1 aromatic heterocycles. The molecule has 1 aliphatic rings. The van der Waals surface area contributed by atoms with Gasteiger partial charge in [-0.1, -0.05) is 36.9 Å². The van der Waals surface area contributed by atoms with Gasteiger partial charge in [0.1, 0.15) is 0 Å². The lowest BCUT2D eigenvalue weighted by Gasteiger charge is -2.27. The highest BCUT2D eigenvalue weighted by Crippen LogP contribution is 2.28. The Morgan fingerprint density at radius 2 is 1.86 bits per heavy atom. The molecule has 29 heavy (non-hydrogen) atoms. The molecule has 0 radical (unpaired) electrons. The molecule has 2 aromatic rings. The Bertz CT molecular complexity index is 820. The highest BCUT2D eigenvalue weighted by Gasteiger charge is 2.22. The number of nitrogens with one attached hydrogen (secondary N) is 2. The van der Waals surface area contributed by atoms with E-state index in [0.29, 0.717) is 5.16 Å². The SMILES string of the molecule is CC[C@H](C)NC(=O)NC(=O)CSc1nnc(N2CCCCC2)n1-c1ccccc1. The Balaban J connectivity index is 1.71. The summed E-state index contributed by atoms with van der Waals surface area (Å²) in [5, 5.41) is 14.5. The fourth-order valence-corrected chi connectivity index (χ4v) is 3.86. The number of urea groups is 1. The van der Waals surface area contributed by atoms with Crippen molar-refractivity contribution >= 4 is 29.6 Å². The van der Waals surface area contributed by atoms with Crippen LogP contribution in [0, 0.1) is 0 Å². The Labute approximate surface area is 175 Å². The predicted molar refractivity (Wildman–Crippen MR) is 115 cm³/mol. The lowest BCUT2D eigenvalue weighted by molar-refractivity contribution is -0.117. The highest BCUT2D eigenvalue weighted by atomic mass is 32.2. The molecule has 0 saturated carbocycles. The number of anilines is 1. The summed E-state index contributed by atoms with van der Waals surface area (Å²) in [6, 6.07) is 9.45. The minimum Gasteiger partial charge on any atom is -0.341 e. The van der Waals surface area contributed by atoms with Crippen molar-refractivity contribution in [1.29, 1.82) is 0 Å². The minimum absolute atomic E-state index is 0.0173. The predicted octanol–water partition coefficient (Wildman–Crippen LogP) is 2.97. The standard InChI is InChI=1S/C20H28N6O2S/c1-3-15(2)21-18(28)22-17(27)14-29-20-24-23-19(25-12-8-5-9-13-25)26(20)16-10-6-4-7-11-16/h4,6-7,10-11,15H,3,5,8-9,12-14H2,1-2H3,(H2,21,22,27,28)/t15-/m0/s1. The van der Waals surface area contributed by atoms with Crippen molar-refractivity contribution in [3.8, 4) is 5.69 Å². The molecule has 0 aliphatic carbocycles. The fourth-order valence-electron chi connectivity index (χ4n) is 3.11. The molecule has 1 fully saturated rings. The molecule has 2 N–H and O–H groups in total. The van der Waals surface area contributed by atoms with Gasteiger partial charge in [0.15, 0.2) is 5.16 Å². The van der Waals surface area contributed by atoms with Crippen LogP contribution < -0.4 is 15.5 Å². The largest absolute Gasteiger partial charge is 0.341 e. The first-order valence-corrected chi connectivity index (χ1v) is 11.1. The van der Waals surface area contributed by atoms with Crippen LogP contribution in [0.2, 0.25) is 0 Å². The monoisotopic (exact) mass is 416 g/mol. The summed E-state index contributed by atoms with van der Waals surface area (Å²) in [5.41, 5.74) is 0.954. The van der Waals surface area contributed by atoms with E-state index in [4.69, 9.17) is 0 Å². The maximum atomic E-state index is 12.2.